The number of nitrogens with zero attached hydrogens (tertiary/aromatic N) is 1. The number of fused-ring (bicyclic) bond motifs is 5. The molecule has 4 bridgehead atoms. The highest BCUT2D eigenvalue weighted by atomic mass is 16.6. The molecule has 43 heavy (non-hydrogen) atoms. The van der Waals surface area contributed by atoms with E-state index < -0.39 is 36.0 Å². The van der Waals surface area contributed by atoms with Crippen LogP contribution < -0.4 is 14.8 Å². The predicted molar refractivity (Wildman–Crippen MR) is 159 cm³/mol. The molecule has 3 aromatic rings. The first kappa shape index (κ1) is 31.1. The molecule has 10 nitrogen and oxygen atoms in total. The first-order valence-corrected chi connectivity index (χ1v) is 13.9. The van der Waals surface area contributed by atoms with E-state index >= 15 is 0 Å². The van der Waals surface area contributed by atoms with Gasteiger partial charge in [-0.3, -0.25) is 14.5 Å². The smallest absolute Gasteiger partial charge is 0.410 e. The number of benzene rings is 3. The molecule has 0 spiro atoms. The summed E-state index contributed by atoms with van der Waals surface area (Å²) in [7, 11) is 5.81. The number of nitrogens with one attached hydrogen (secondary N) is 1. The predicted octanol–water partition coefficient (Wildman–Crippen LogP) is 4.49. The summed E-state index contributed by atoms with van der Waals surface area (Å²) >= 11 is 0. The van der Waals surface area contributed by atoms with Crippen molar-refractivity contribution in [2.45, 2.75) is 38.5 Å². The molecule has 1 aliphatic rings. The van der Waals surface area contributed by atoms with E-state index in [1.165, 1.54) is 33.3 Å². The largest absolute Gasteiger partial charge is 0.496 e. The topological polar surface area (TPSA) is 120 Å². The van der Waals surface area contributed by atoms with Crippen molar-refractivity contribution in [2.24, 2.45) is 5.92 Å². The Balaban J connectivity index is 1.83. The maximum absolute atomic E-state index is 13.9. The molecule has 3 atom stereocenters. The summed E-state index contributed by atoms with van der Waals surface area (Å²) in [6.07, 6.45) is -0.754. The third kappa shape index (κ3) is 7.14. The van der Waals surface area contributed by atoms with Crippen molar-refractivity contribution >= 4 is 23.8 Å². The minimum Gasteiger partial charge on any atom is -0.496 e. The Kier molecular flexibility index (Phi) is 10.0. The molecule has 1 N–H and O–H groups in total. The second-order valence-corrected chi connectivity index (χ2v) is 10.4. The number of hydrogen-bond donors (Lipinski definition) is 1. The third-order valence-corrected chi connectivity index (χ3v) is 7.48. The molecule has 0 aromatic heterocycles. The number of carbonyl (C=O) groups is 4. The fourth-order valence-corrected chi connectivity index (χ4v) is 5.14. The molecule has 0 unspecified atom stereocenters. The van der Waals surface area contributed by atoms with E-state index in [1.54, 1.807) is 37.3 Å². The van der Waals surface area contributed by atoms with Crippen LogP contribution in [0.4, 0.5) is 4.79 Å². The highest BCUT2D eigenvalue weighted by Gasteiger charge is 2.34. The zero-order chi connectivity index (χ0) is 31.1. The second-order valence-electron chi connectivity index (χ2n) is 10.4. The fraction of sp³-hybridized carbons (Fsp3) is 0.333. The zero-order valence-corrected chi connectivity index (χ0v) is 24.9. The summed E-state index contributed by atoms with van der Waals surface area (Å²) in [6.45, 7) is 1.62. The lowest BCUT2D eigenvalue weighted by atomic mass is 9.90. The molecule has 0 radical (unpaired) electrons. The van der Waals surface area contributed by atoms with Gasteiger partial charge in [0.2, 0.25) is 5.91 Å². The van der Waals surface area contributed by atoms with Crippen LogP contribution in [0.2, 0.25) is 0 Å². The Labute approximate surface area is 250 Å². The van der Waals surface area contributed by atoms with Crippen molar-refractivity contribution in [3.05, 3.63) is 83.4 Å². The number of ether oxygens (including phenoxy) is 4. The molecule has 3 aromatic carbocycles. The van der Waals surface area contributed by atoms with Crippen LogP contribution in [0.3, 0.4) is 0 Å². The van der Waals surface area contributed by atoms with Gasteiger partial charge >= 0.3 is 12.1 Å². The number of rotatable bonds is 6. The van der Waals surface area contributed by atoms with Crippen LogP contribution in [0.5, 0.6) is 11.5 Å². The molecule has 226 valence electrons. The molecule has 1 aliphatic heterocycles. The maximum atomic E-state index is 13.9. The molecule has 0 saturated carbocycles. The van der Waals surface area contributed by atoms with E-state index in [2.05, 4.69) is 5.32 Å². The van der Waals surface area contributed by atoms with Gasteiger partial charge in [0.05, 0.1) is 21.3 Å². The fourth-order valence-electron chi connectivity index (χ4n) is 5.14. The Hall–Kier alpha value is -4.86. The average molecular weight is 589 g/mol. The summed E-state index contributed by atoms with van der Waals surface area (Å²) in [5, 5.41) is 2.74. The van der Waals surface area contributed by atoms with E-state index in [1.807, 2.05) is 36.4 Å². The van der Waals surface area contributed by atoms with Crippen LogP contribution >= 0.6 is 0 Å². The number of hydrogen-bond acceptors (Lipinski definition) is 8. The monoisotopic (exact) mass is 588 g/mol. The van der Waals surface area contributed by atoms with Crippen LogP contribution in [0.15, 0.2) is 66.7 Å². The van der Waals surface area contributed by atoms with Gasteiger partial charge in [-0.2, -0.15) is 0 Å². The van der Waals surface area contributed by atoms with Crippen LogP contribution in [-0.2, 0) is 36.9 Å². The average Bonchev–Trinajstić information content (AvgIpc) is 3.02. The Bertz CT molecular complexity index is 1490. The van der Waals surface area contributed by atoms with Gasteiger partial charge in [0.25, 0.3) is 0 Å². The van der Waals surface area contributed by atoms with Gasteiger partial charge < -0.3 is 24.3 Å². The molecule has 1 heterocycles. The lowest BCUT2D eigenvalue weighted by Crippen LogP contribution is -2.46. The lowest BCUT2D eigenvalue weighted by Gasteiger charge is -2.29. The Morgan fingerprint density at radius 3 is 2.19 bits per heavy atom. The summed E-state index contributed by atoms with van der Waals surface area (Å²) in [4.78, 5) is 54.3. The highest BCUT2D eigenvalue weighted by Crippen LogP contribution is 2.40. The van der Waals surface area contributed by atoms with Crippen LogP contribution in [0.25, 0.3) is 11.1 Å². The number of likely N-dealkylation sites (N-methyl/N-ethyl adjacent to an activating group) is 1. The number of amides is 2. The second kappa shape index (κ2) is 13.9. The molecule has 0 aliphatic carbocycles. The summed E-state index contributed by atoms with van der Waals surface area (Å²) in [5.41, 5.74) is 3.29. The molecule has 0 saturated heterocycles. The van der Waals surface area contributed by atoms with E-state index in [9.17, 15) is 19.2 Å². The maximum Gasteiger partial charge on any atom is 0.410 e. The molecular weight excluding hydrogens is 552 g/mol. The van der Waals surface area contributed by atoms with Crippen molar-refractivity contribution in [2.75, 3.05) is 28.4 Å². The van der Waals surface area contributed by atoms with E-state index in [0.29, 0.717) is 28.2 Å². The first-order valence-electron chi connectivity index (χ1n) is 13.9. The number of methoxy groups -OCH3 is 3. The van der Waals surface area contributed by atoms with Gasteiger partial charge in [-0.15, -0.1) is 0 Å². The van der Waals surface area contributed by atoms with Crippen molar-refractivity contribution in [3.63, 3.8) is 0 Å². The number of ketones is 1. The quantitative estimate of drug-likeness (QED) is 0.419. The summed E-state index contributed by atoms with van der Waals surface area (Å²) in [6, 6.07) is 17.8. The van der Waals surface area contributed by atoms with E-state index in [-0.39, 0.29) is 25.2 Å². The SMILES string of the molecule is COC(=O)[C@@H]1Cc2ccc(OC)c(c2)-c2cc(ccc2OC)[C@H](N(C)C(=O)OCc2ccccc2)C(=O)C[C@@H](C)C(=O)N1. The number of Topliss-reactive ketones (excluding diaryl/α,β-unsaturated/α-hetero) is 1. The summed E-state index contributed by atoms with van der Waals surface area (Å²) < 4.78 is 21.8. The molecule has 10 heteroatoms. The number of esters is 1. The standard InChI is InChI=1S/C33H36N2O8/c1-20-15-27(36)30(35(2)33(39)43-19-21-9-7-6-8-10-21)23-12-14-29(41-4)25(18-23)24-16-22(11-13-28(24)40-3)17-26(32(38)42-5)34-31(20)37/h6-14,16,18,20,26,30H,15,17,19H2,1-5H3,(H,34,37)/t20-,26+,30+/m1/s1. The van der Waals surface area contributed by atoms with Crippen molar-refractivity contribution in [1.82, 2.24) is 10.2 Å². The molecular formula is C33H36N2O8. The van der Waals surface area contributed by atoms with Crippen molar-refractivity contribution in [1.29, 1.82) is 0 Å². The first-order chi connectivity index (χ1) is 20.7. The van der Waals surface area contributed by atoms with Gasteiger partial charge in [0, 0.05) is 36.9 Å². The minimum absolute atomic E-state index is 0.0243. The van der Waals surface area contributed by atoms with Crippen molar-refractivity contribution in [3.8, 4) is 22.6 Å². The zero-order valence-electron chi connectivity index (χ0n) is 24.9. The van der Waals surface area contributed by atoms with Crippen molar-refractivity contribution < 1.29 is 38.1 Å². The van der Waals surface area contributed by atoms with Gasteiger partial charge in [-0.05, 0) is 41.0 Å². The highest BCUT2D eigenvalue weighted by molar-refractivity contribution is 5.94. The number of carbonyl (C=O) groups excluding carboxylic acids is 4. The Morgan fingerprint density at radius 2 is 1.53 bits per heavy atom. The van der Waals surface area contributed by atoms with Gasteiger partial charge in [-0.25, -0.2) is 9.59 Å². The molecule has 4 rings (SSSR count). The Morgan fingerprint density at radius 1 is 0.884 bits per heavy atom. The van der Waals surface area contributed by atoms with Gasteiger partial charge in [0.1, 0.15) is 30.2 Å². The summed E-state index contributed by atoms with van der Waals surface area (Å²) in [5.74, 6) is -1.25. The van der Waals surface area contributed by atoms with Crippen LogP contribution in [-0.4, -0.2) is 63.1 Å². The molecule has 0 fully saturated rings. The van der Waals surface area contributed by atoms with E-state index in [0.717, 1.165) is 11.1 Å². The molecule has 2 amide bonds. The third-order valence-electron chi connectivity index (χ3n) is 7.48. The van der Waals surface area contributed by atoms with Gasteiger partial charge in [0.15, 0.2) is 5.78 Å². The normalized spacial score (nSPS) is 18.5. The van der Waals surface area contributed by atoms with Crippen LogP contribution in [0.1, 0.15) is 36.1 Å². The minimum atomic E-state index is -1.09. The van der Waals surface area contributed by atoms with Crippen LogP contribution in [0, 0.1) is 5.92 Å². The lowest BCUT2D eigenvalue weighted by molar-refractivity contribution is -0.145. The van der Waals surface area contributed by atoms with E-state index in [4.69, 9.17) is 18.9 Å². The van der Waals surface area contributed by atoms with Gasteiger partial charge in [-0.1, -0.05) is 49.4 Å².